The zero-order valence-corrected chi connectivity index (χ0v) is 23.1. The maximum atomic E-state index is 14.6. The van der Waals surface area contributed by atoms with Crippen molar-refractivity contribution in [2.75, 3.05) is 24.6 Å². The summed E-state index contributed by atoms with van der Waals surface area (Å²) in [5, 5.41) is 0.689. The van der Waals surface area contributed by atoms with Crippen LogP contribution in [0.1, 0.15) is 71.9 Å². The van der Waals surface area contributed by atoms with Crippen LogP contribution in [-0.4, -0.2) is 47.3 Å². The van der Waals surface area contributed by atoms with Crippen LogP contribution in [0, 0.1) is 12.7 Å². The van der Waals surface area contributed by atoms with Gasteiger partial charge in [-0.1, -0.05) is 26.0 Å². The van der Waals surface area contributed by atoms with Crippen LogP contribution in [0.15, 0.2) is 36.5 Å². The van der Waals surface area contributed by atoms with Crippen LogP contribution in [0.25, 0.3) is 0 Å². The normalized spacial score (nSPS) is 15.9. The second kappa shape index (κ2) is 12.5. The second-order valence-electron chi connectivity index (χ2n) is 9.80. The van der Waals surface area contributed by atoms with Gasteiger partial charge in [0.15, 0.2) is 17.4 Å². The minimum atomic E-state index is -0.393. The number of carbonyl (C=O) groups excluding carboxylic acids is 2. The molecular weight excluding hydrogens is 505 g/mol. The van der Waals surface area contributed by atoms with Crippen molar-refractivity contribution in [3.05, 3.63) is 63.5 Å². The Morgan fingerprint density at radius 2 is 2.00 bits per heavy atom. The monoisotopic (exact) mass is 539 g/mol. The number of ether oxygens (including phenoxy) is 2. The standard InChI is InChI=1S/C29H34FN3O4S/c1-5-12-36-24-15-25(30)29(31-16-24)33-11-10-23(17-33)37-22-8-6-21(7-9-22)18(2)13-26(35)28-20(4)32-27(38-28)14-19(3)34/h6-9,15-16,18,23H,5,10-14,17H2,1-4H3/t18-,23-/m1/s1. The fourth-order valence-electron chi connectivity index (χ4n) is 4.52. The number of aryl methyl sites for hydroxylation is 1. The van der Waals surface area contributed by atoms with E-state index < -0.39 is 5.82 Å². The number of thiazole rings is 1. The molecule has 7 nitrogen and oxygen atoms in total. The predicted octanol–water partition coefficient (Wildman–Crippen LogP) is 5.94. The number of halogens is 1. The minimum Gasteiger partial charge on any atom is -0.492 e. The Morgan fingerprint density at radius 1 is 1.24 bits per heavy atom. The number of rotatable bonds is 12. The number of carbonyl (C=O) groups is 2. The molecule has 3 aromatic rings. The molecule has 0 unspecified atom stereocenters. The molecule has 0 aliphatic carbocycles. The average molecular weight is 540 g/mol. The van der Waals surface area contributed by atoms with Crippen molar-refractivity contribution in [1.82, 2.24) is 9.97 Å². The van der Waals surface area contributed by atoms with Crippen molar-refractivity contribution >= 4 is 28.7 Å². The topological polar surface area (TPSA) is 81.6 Å². The second-order valence-corrected chi connectivity index (χ2v) is 10.9. The molecule has 1 aromatic carbocycles. The fourth-order valence-corrected chi connectivity index (χ4v) is 5.60. The van der Waals surface area contributed by atoms with Crippen LogP contribution in [0.5, 0.6) is 11.5 Å². The Balaban J connectivity index is 1.31. The average Bonchev–Trinajstić information content (AvgIpc) is 3.48. The third kappa shape index (κ3) is 6.95. The Hall–Kier alpha value is -3.33. The van der Waals surface area contributed by atoms with Gasteiger partial charge in [-0.3, -0.25) is 9.59 Å². The third-order valence-corrected chi connectivity index (χ3v) is 7.65. The number of Topliss-reactive ketones (excluding diaryl/α,β-unsaturated/α-hetero) is 2. The Bertz CT molecular complexity index is 1280. The molecule has 9 heteroatoms. The molecule has 0 amide bonds. The van der Waals surface area contributed by atoms with Gasteiger partial charge in [0.05, 0.1) is 36.3 Å². The molecule has 1 aliphatic rings. The van der Waals surface area contributed by atoms with Crippen LogP contribution in [0.2, 0.25) is 0 Å². The molecule has 4 rings (SSSR count). The van der Waals surface area contributed by atoms with E-state index in [-0.39, 0.29) is 30.0 Å². The summed E-state index contributed by atoms with van der Waals surface area (Å²) in [5.74, 6) is 1.21. The highest BCUT2D eigenvalue weighted by atomic mass is 32.1. The maximum absolute atomic E-state index is 14.6. The first-order valence-electron chi connectivity index (χ1n) is 13.0. The van der Waals surface area contributed by atoms with Gasteiger partial charge in [-0.15, -0.1) is 11.3 Å². The van der Waals surface area contributed by atoms with Crippen LogP contribution < -0.4 is 14.4 Å². The number of hydrogen-bond donors (Lipinski definition) is 0. The summed E-state index contributed by atoms with van der Waals surface area (Å²) in [7, 11) is 0. The number of benzene rings is 1. The molecule has 1 aliphatic heterocycles. The fraction of sp³-hybridized carbons (Fsp3) is 0.448. The van der Waals surface area contributed by atoms with Crippen molar-refractivity contribution in [2.24, 2.45) is 0 Å². The highest BCUT2D eigenvalue weighted by Crippen LogP contribution is 2.29. The first kappa shape index (κ1) is 27.7. The lowest BCUT2D eigenvalue weighted by molar-refractivity contribution is -0.116. The predicted molar refractivity (Wildman–Crippen MR) is 146 cm³/mol. The molecule has 202 valence electrons. The highest BCUT2D eigenvalue weighted by Gasteiger charge is 2.27. The zero-order valence-electron chi connectivity index (χ0n) is 22.3. The summed E-state index contributed by atoms with van der Waals surface area (Å²) in [4.78, 5) is 35.5. The molecule has 1 saturated heterocycles. The van der Waals surface area contributed by atoms with Gasteiger partial charge in [0, 0.05) is 25.5 Å². The summed E-state index contributed by atoms with van der Waals surface area (Å²) < 4.78 is 26.2. The van der Waals surface area contributed by atoms with E-state index in [2.05, 4.69) is 9.97 Å². The van der Waals surface area contributed by atoms with E-state index in [9.17, 15) is 14.0 Å². The van der Waals surface area contributed by atoms with Gasteiger partial charge < -0.3 is 14.4 Å². The summed E-state index contributed by atoms with van der Waals surface area (Å²) in [5.41, 5.74) is 1.73. The Labute approximate surface area is 227 Å². The van der Waals surface area contributed by atoms with Gasteiger partial charge in [0.1, 0.15) is 28.4 Å². The van der Waals surface area contributed by atoms with E-state index in [0.717, 1.165) is 24.2 Å². The lowest BCUT2D eigenvalue weighted by Gasteiger charge is -2.19. The van der Waals surface area contributed by atoms with E-state index in [4.69, 9.17) is 9.47 Å². The Morgan fingerprint density at radius 3 is 2.68 bits per heavy atom. The molecule has 2 atom stereocenters. The van der Waals surface area contributed by atoms with E-state index in [0.29, 0.717) is 53.3 Å². The highest BCUT2D eigenvalue weighted by molar-refractivity contribution is 7.14. The van der Waals surface area contributed by atoms with Crippen molar-refractivity contribution in [3.63, 3.8) is 0 Å². The quantitative estimate of drug-likeness (QED) is 0.264. The Kier molecular flexibility index (Phi) is 9.09. The third-order valence-electron chi connectivity index (χ3n) is 6.45. The van der Waals surface area contributed by atoms with Crippen LogP contribution >= 0.6 is 11.3 Å². The van der Waals surface area contributed by atoms with Crippen LogP contribution in [-0.2, 0) is 11.2 Å². The van der Waals surface area contributed by atoms with Crippen molar-refractivity contribution in [3.8, 4) is 11.5 Å². The van der Waals surface area contributed by atoms with Gasteiger partial charge in [0.25, 0.3) is 0 Å². The summed E-state index contributed by atoms with van der Waals surface area (Å²) in [6.45, 7) is 9.10. The van der Waals surface area contributed by atoms with Crippen molar-refractivity contribution < 1.29 is 23.5 Å². The molecule has 1 fully saturated rings. The number of nitrogens with zero attached hydrogens (tertiary/aromatic N) is 3. The van der Waals surface area contributed by atoms with Gasteiger partial charge >= 0.3 is 0 Å². The number of ketones is 2. The SMILES string of the molecule is CCCOc1cnc(N2CC[C@@H](Oc3ccc([C@H](C)CC(=O)c4sc(CC(C)=O)nc4C)cc3)C2)c(F)c1. The smallest absolute Gasteiger partial charge is 0.175 e. The van der Waals surface area contributed by atoms with E-state index in [1.54, 1.807) is 6.20 Å². The first-order chi connectivity index (χ1) is 18.2. The van der Waals surface area contributed by atoms with Crippen LogP contribution in [0.3, 0.4) is 0 Å². The molecule has 2 aromatic heterocycles. The summed E-state index contributed by atoms with van der Waals surface area (Å²) in [6.07, 6.45) is 3.73. The van der Waals surface area contributed by atoms with Crippen LogP contribution in [0.4, 0.5) is 10.2 Å². The van der Waals surface area contributed by atoms with E-state index in [1.807, 2.05) is 49.9 Å². The first-order valence-corrected chi connectivity index (χ1v) is 13.8. The number of aromatic nitrogens is 2. The molecular formula is C29H34FN3O4S. The number of anilines is 1. The molecule has 0 N–H and O–H groups in total. The zero-order chi connectivity index (χ0) is 27.2. The van der Waals surface area contributed by atoms with E-state index in [1.165, 1.54) is 24.3 Å². The summed E-state index contributed by atoms with van der Waals surface area (Å²) in [6, 6.07) is 9.19. The number of pyridine rings is 1. The lowest BCUT2D eigenvalue weighted by Crippen LogP contribution is -2.26. The molecule has 0 radical (unpaired) electrons. The largest absolute Gasteiger partial charge is 0.492 e. The lowest BCUT2D eigenvalue weighted by atomic mass is 9.95. The molecule has 0 bridgehead atoms. The van der Waals surface area contributed by atoms with Gasteiger partial charge in [-0.25, -0.2) is 14.4 Å². The molecule has 3 heterocycles. The molecule has 0 spiro atoms. The summed E-state index contributed by atoms with van der Waals surface area (Å²) >= 11 is 1.32. The van der Waals surface area contributed by atoms with Gasteiger partial charge in [-0.05, 0) is 43.9 Å². The van der Waals surface area contributed by atoms with Crippen molar-refractivity contribution in [2.45, 2.75) is 65.4 Å². The number of hydrogen-bond acceptors (Lipinski definition) is 8. The maximum Gasteiger partial charge on any atom is 0.175 e. The van der Waals surface area contributed by atoms with Crippen molar-refractivity contribution in [1.29, 1.82) is 0 Å². The molecule has 0 saturated carbocycles. The minimum absolute atomic E-state index is 0.0228. The van der Waals surface area contributed by atoms with Gasteiger partial charge in [0.2, 0.25) is 0 Å². The van der Waals surface area contributed by atoms with Gasteiger partial charge in [-0.2, -0.15) is 0 Å². The molecule has 38 heavy (non-hydrogen) atoms. The van der Waals surface area contributed by atoms with E-state index >= 15 is 0 Å².